The van der Waals surface area contributed by atoms with E-state index in [4.69, 9.17) is 14.0 Å². The smallest absolute Gasteiger partial charge is 0.280 e. The molecule has 20 heteroatoms. The van der Waals surface area contributed by atoms with Crippen LogP contribution >= 0.6 is 47.0 Å². The van der Waals surface area contributed by atoms with Crippen molar-refractivity contribution in [2.45, 2.75) is 64.8 Å². The van der Waals surface area contributed by atoms with Crippen molar-refractivity contribution in [2.24, 2.45) is 0 Å². The SMILES string of the molecule is N#CC(C#N)=C1Sc2c(OCCCCCS(=O)(=O)O)c3c(c(OCCCCS(=O)(=O)O)c2S1)SC(=C1C(=O)N(Cc2ccccc2)N(Cc2ccccc2)C1=O)S3. The Kier molecular flexibility index (Phi) is 13.9. The summed E-state index contributed by atoms with van der Waals surface area (Å²) in [6.45, 7) is 0.426. The molecule has 0 atom stereocenters. The highest BCUT2D eigenvalue weighted by atomic mass is 32.2. The second kappa shape index (κ2) is 18.6. The number of nitrogens with zero attached hydrogens (tertiary/aromatic N) is 4. The fraction of sp³-hybridized carbons (Fsp3) is 0.297. The van der Waals surface area contributed by atoms with E-state index in [1.807, 2.05) is 72.8 Å². The number of hydrogen-bond donors (Lipinski definition) is 2. The molecule has 2 amide bonds. The summed E-state index contributed by atoms with van der Waals surface area (Å²) in [5.41, 5.74) is 1.47. The van der Waals surface area contributed by atoms with Gasteiger partial charge in [0.25, 0.3) is 32.1 Å². The van der Waals surface area contributed by atoms with Crippen molar-refractivity contribution in [2.75, 3.05) is 24.7 Å². The van der Waals surface area contributed by atoms with Crippen LogP contribution in [0.5, 0.6) is 11.5 Å². The summed E-state index contributed by atoms with van der Waals surface area (Å²) in [4.78, 5) is 30.9. The van der Waals surface area contributed by atoms with Crippen LogP contribution in [0.4, 0.5) is 0 Å². The first kappa shape index (κ1) is 42.5. The minimum Gasteiger partial charge on any atom is -0.491 e. The van der Waals surface area contributed by atoms with Gasteiger partial charge in [-0.15, -0.1) is 0 Å². The summed E-state index contributed by atoms with van der Waals surface area (Å²) in [7, 11) is -8.31. The van der Waals surface area contributed by atoms with Crippen LogP contribution in [0.2, 0.25) is 0 Å². The molecule has 2 N–H and O–H groups in total. The first-order chi connectivity index (χ1) is 27.3. The van der Waals surface area contributed by atoms with Gasteiger partial charge in [0, 0.05) is 0 Å². The normalized spacial score (nSPS) is 15.1. The molecule has 3 aromatic carbocycles. The average molecular weight is 887 g/mol. The van der Waals surface area contributed by atoms with Gasteiger partial charge in [0.1, 0.15) is 34.8 Å². The van der Waals surface area contributed by atoms with Gasteiger partial charge >= 0.3 is 0 Å². The molecule has 3 aliphatic heterocycles. The number of fused-ring (bicyclic) bond motifs is 2. The number of ether oxygens (including phenoxy) is 2. The molecule has 0 saturated carbocycles. The number of hydrogen-bond acceptors (Lipinski definition) is 14. The van der Waals surface area contributed by atoms with Crippen LogP contribution in [0.15, 0.2) is 99.9 Å². The van der Waals surface area contributed by atoms with E-state index in [-0.39, 0.29) is 56.7 Å². The Hall–Kier alpha value is -4.12. The number of benzene rings is 3. The summed E-state index contributed by atoms with van der Waals surface area (Å²) in [6.07, 6.45) is 1.40. The van der Waals surface area contributed by atoms with E-state index in [1.54, 1.807) is 0 Å². The fourth-order valence-corrected chi connectivity index (χ4v) is 12.4. The molecule has 0 spiro atoms. The minimum atomic E-state index is -4.19. The van der Waals surface area contributed by atoms with Crippen LogP contribution < -0.4 is 9.47 Å². The maximum atomic E-state index is 14.4. The molecule has 57 heavy (non-hydrogen) atoms. The van der Waals surface area contributed by atoms with Gasteiger partial charge in [-0.1, -0.05) is 108 Å². The number of amides is 2. The summed E-state index contributed by atoms with van der Waals surface area (Å²) in [5, 5.41) is 22.3. The average Bonchev–Trinajstić information content (AvgIpc) is 3.86. The highest BCUT2D eigenvalue weighted by Crippen LogP contribution is 2.68. The first-order valence-electron chi connectivity index (χ1n) is 17.4. The molecule has 14 nitrogen and oxygen atoms in total. The highest BCUT2D eigenvalue weighted by Gasteiger charge is 2.46. The van der Waals surface area contributed by atoms with Crippen molar-refractivity contribution in [3.63, 3.8) is 0 Å². The van der Waals surface area contributed by atoms with Crippen molar-refractivity contribution in [3.8, 4) is 23.6 Å². The second-order valence-electron chi connectivity index (χ2n) is 12.7. The largest absolute Gasteiger partial charge is 0.491 e. The standard InChI is InChI=1S/C37H34N4O10S6/c38-20-26(21-39)36-52-30-28(50-16-8-3-10-18-56(44,45)46)32-33(29(31(30)53-36)51-17-9-11-19-57(47,48)49)55-37(54-32)27-34(42)40(22-24-12-4-1-5-13-24)41(35(27)43)23-25-14-6-2-7-15-25/h1-2,4-7,12-15H,3,8-11,16-19,22-23H2,(H,44,45,46)(H,47,48,49). The Bertz CT molecular complexity index is 2350. The van der Waals surface area contributed by atoms with E-state index < -0.39 is 43.6 Å². The Morgan fingerprint density at radius 3 is 1.44 bits per heavy atom. The van der Waals surface area contributed by atoms with Crippen LogP contribution in [0.3, 0.4) is 0 Å². The minimum absolute atomic E-state index is 0.0285. The lowest BCUT2D eigenvalue weighted by atomic mass is 10.2. The van der Waals surface area contributed by atoms with Crippen molar-refractivity contribution < 1.29 is 45.0 Å². The molecule has 0 unspecified atom stereocenters. The van der Waals surface area contributed by atoms with Gasteiger partial charge in [-0.3, -0.25) is 18.7 Å². The molecule has 3 aliphatic rings. The highest BCUT2D eigenvalue weighted by molar-refractivity contribution is 8.26. The maximum Gasteiger partial charge on any atom is 0.280 e. The Labute approximate surface area is 347 Å². The van der Waals surface area contributed by atoms with Crippen LogP contribution in [0.1, 0.15) is 43.2 Å². The number of carbonyl (C=O) groups excluding carboxylic acids is 2. The van der Waals surface area contributed by atoms with Crippen LogP contribution in [-0.2, 0) is 42.9 Å². The molecule has 3 aromatic rings. The van der Waals surface area contributed by atoms with E-state index >= 15 is 0 Å². The topological polar surface area (TPSA) is 215 Å². The van der Waals surface area contributed by atoms with E-state index in [0.717, 1.165) is 58.2 Å². The first-order valence-corrected chi connectivity index (χ1v) is 23.9. The molecule has 298 valence electrons. The third kappa shape index (κ3) is 10.5. The van der Waals surface area contributed by atoms with Crippen molar-refractivity contribution >= 4 is 79.1 Å². The predicted octanol–water partition coefficient (Wildman–Crippen LogP) is 7.02. The fourth-order valence-electron chi connectivity index (χ4n) is 5.85. The zero-order valence-corrected chi connectivity index (χ0v) is 34.8. The van der Waals surface area contributed by atoms with E-state index in [0.29, 0.717) is 52.4 Å². The quantitative estimate of drug-likeness (QED) is 0.0458. The van der Waals surface area contributed by atoms with Gasteiger partial charge in [-0.2, -0.15) is 27.4 Å². The molecular formula is C37H34N4O10S6. The number of nitriles is 2. The van der Waals surface area contributed by atoms with Crippen molar-refractivity contribution in [3.05, 3.63) is 91.4 Å². The molecule has 0 aromatic heterocycles. The second-order valence-corrected chi connectivity index (χ2v) is 20.4. The van der Waals surface area contributed by atoms with Gasteiger partial charge in [0.05, 0.1) is 65.9 Å². The van der Waals surface area contributed by atoms with Crippen LogP contribution in [-0.4, -0.2) is 72.5 Å². The van der Waals surface area contributed by atoms with Crippen LogP contribution in [0.25, 0.3) is 0 Å². The lowest BCUT2D eigenvalue weighted by Crippen LogP contribution is -2.39. The van der Waals surface area contributed by atoms with Gasteiger partial charge in [0.2, 0.25) is 0 Å². The lowest BCUT2D eigenvalue weighted by molar-refractivity contribution is -0.149. The maximum absolute atomic E-state index is 14.4. The van der Waals surface area contributed by atoms with Gasteiger partial charge < -0.3 is 9.47 Å². The number of allylic oxidation sites excluding steroid dienone is 1. The Morgan fingerprint density at radius 1 is 0.614 bits per heavy atom. The molecule has 0 radical (unpaired) electrons. The summed E-state index contributed by atoms with van der Waals surface area (Å²) in [6, 6.07) is 22.4. The van der Waals surface area contributed by atoms with E-state index in [2.05, 4.69) is 0 Å². The Balaban J connectivity index is 1.40. The van der Waals surface area contributed by atoms with Gasteiger partial charge in [-0.05, 0) is 43.2 Å². The molecule has 0 aliphatic carbocycles. The van der Waals surface area contributed by atoms with Gasteiger partial charge in [0.15, 0.2) is 0 Å². The molecule has 3 heterocycles. The molecule has 1 fully saturated rings. The number of thioether (sulfide) groups is 4. The Morgan fingerprint density at radius 2 is 1.02 bits per heavy atom. The van der Waals surface area contributed by atoms with Crippen LogP contribution in [0, 0.1) is 22.7 Å². The van der Waals surface area contributed by atoms with Crippen molar-refractivity contribution in [1.82, 2.24) is 10.0 Å². The number of unbranched alkanes of at least 4 members (excludes halogenated alkanes) is 3. The predicted molar refractivity (Wildman–Crippen MR) is 216 cm³/mol. The lowest BCUT2D eigenvalue weighted by Gasteiger charge is -2.27. The molecule has 1 saturated heterocycles. The number of rotatable bonds is 17. The van der Waals surface area contributed by atoms with E-state index in [1.165, 1.54) is 10.0 Å². The zero-order chi connectivity index (χ0) is 40.7. The molecule has 0 bridgehead atoms. The number of carbonyl (C=O) groups is 2. The van der Waals surface area contributed by atoms with Crippen molar-refractivity contribution in [1.29, 1.82) is 10.5 Å². The van der Waals surface area contributed by atoms with E-state index in [9.17, 15) is 41.5 Å². The monoisotopic (exact) mass is 886 g/mol. The summed E-state index contributed by atoms with van der Waals surface area (Å²) < 4.78 is 77.0. The molecule has 6 rings (SSSR count). The third-order valence-electron chi connectivity index (χ3n) is 8.52. The number of hydrazine groups is 1. The summed E-state index contributed by atoms with van der Waals surface area (Å²) >= 11 is 4.57. The third-order valence-corrected chi connectivity index (χ3v) is 15.3. The summed E-state index contributed by atoms with van der Waals surface area (Å²) in [5.74, 6) is -1.14. The molecular weight excluding hydrogens is 853 g/mol. The zero-order valence-electron chi connectivity index (χ0n) is 30.0. The van der Waals surface area contributed by atoms with Gasteiger partial charge in [-0.25, -0.2) is 10.0 Å².